The van der Waals surface area contributed by atoms with Gasteiger partial charge in [0.05, 0.1) is 22.4 Å². The van der Waals surface area contributed by atoms with Crippen molar-refractivity contribution in [1.82, 2.24) is 20.2 Å². The lowest BCUT2D eigenvalue weighted by Crippen LogP contribution is -2.68. The smallest absolute Gasteiger partial charge is 0.337 e. The minimum absolute atomic E-state index is 0.150. The van der Waals surface area contributed by atoms with Crippen LogP contribution < -0.4 is 11.1 Å². The van der Waals surface area contributed by atoms with E-state index in [4.69, 9.17) is 10.7 Å². The second-order valence-electron chi connectivity index (χ2n) is 11.9. The van der Waals surface area contributed by atoms with Gasteiger partial charge in [-0.1, -0.05) is 42.5 Å². The van der Waals surface area contributed by atoms with Gasteiger partial charge in [-0.2, -0.15) is 0 Å². The highest BCUT2D eigenvalue weighted by molar-refractivity contribution is 5.96. The van der Waals surface area contributed by atoms with Crippen molar-refractivity contribution >= 4 is 11.9 Å². The van der Waals surface area contributed by atoms with E-state index < -0.39 is 5.97 Å². The average molecular weight is 548 g/mol. The standard InChI is InChI=1S/C33H33N5O3/c1-38-18-32(19-38,33(34)12-13-33)29-27(31(40)41)24-11-10-23-17-35-26(15-25(23)28(24)37-29)21-8-5-9-22(14-21)30(39)36-16-20-6-3-2-4-7-20/h2-9,14-15,17,37H,10-13,16,18-19,34H2,1H3,(H,36,39)(H,40,41). The quantitative estimate of drug-likeness (QED) is 0.276. The molecule has 1 saturated carbocycles. The molecular weight excluding hydrogens is 514 g/mol. The Balaban J connectivity index is 1.24. The van der Waals surface area contributed by atoms with Gasteiger partial charge in [-0.25, -0.2) is 4.79 Å². The number of hydrogen-bond donors (Lipinski definition) is 4. The number of hydrogen-bond acceptors (Lipinski definition) is 5. The molecule has 8 heteroatoms. The molecule has 5 N–H and O–H groups in total. The maximum Gasteiger partial charge on any atom is 0.337 e. The van der Waals surface area contributed by atoms with Crippen LogP contribution in [0, 0.1) is 0 Å². The number of carboxylic acid groups (broad SMARTS) is 1. The third kappa shape index (κ3) is 4.17. The molecule has 0 atom stereocenters. The van der Waals surface area contributed by atoms with Crippen molar-refractivity contribution in [1.29, 1.82) is 0 Å². The zero-order valence-electron chi connectivity index (χ0n) is 23.0. The first kappa shape index (κ1) is 25.7. The first-order chi connectivity index (χ1) is 19.8. The van der Waals surface area contributed by atoms with E-state index in [0.29, 0.717) is 24.1 Å². The monoisotopic (exact) mass is 547 g/mol. The summed E-state index contributed by atoms with van der Waals surface area (Å²) in [7, 11) is 2.05. The van der Waals surface area contributed by atoms with Crippen LogP contribution in [0.3, 0.4) is 0 Å². The van der Waals surface area contributed by atoms with E-state index in [1.165, 1.54) is 0 Å². The summed E-state index contributed by atoms with van der Waals surface area (Å²) >= 11 is 0. The van der Waals surface area contributed by atoms with Gasteiger partial charge in [-0.15, -0.1) is 0 Å². The molecule has 0 spiro atoms. The molecule has 8 nitrogen and oxygen atoms in total. The summed E-state index contributed by atoms with van der Waals surface area (Å²) in [5.41, 5.74) is 14.1. The Hall–Kier alpha value is -4.27. The SMILES string of the molecule is CN1CC(c2[nH]c3c(c2C(=O)O)CCc2cnc(-c4cccc(C(=O)NCc5ccccc5)c4)cc2-3)(C2(N)CC2)C1. The number of aromatic carboxylic acids is 1. The van der Waals surface area contributed by atoms with Crippen molar-refractivity contribution in [2.24, 2.45) is 5.73 Å². The van der Waals surface area contributed by atoms with Gasteiger partial charge >= 0.3 is 5.97 Å². The van der Waals surface area contributed by atoms with Gasteiger partial charge in [0.15, 0.2) is 0 Å². The van der Waals surface area contributed by atoms with Crippen LogP contribution in [0.2, 0.25) is 0 Å². The lowest BCUT2D eigenvalue weighted by atomic mass is 9.68. The van der Waals surface area contributed by atoms with Crippen LogP contribution in [0.1, 0.15) is 55.9 Å². The molecule has 208 valence electrons. The number of H-pyrrole nitrogens is 1. The number of fused-ring (bicyclic) bond motifs is 3. The zero-order valence-corrected chi connectivity index (χ0v) is 23.0. The van der Waals surface area contributed by atoms with Crippen molar-refractivity contribution < 1.29 is 14.7 Å². The first-order valence-corrected chi connectivity index (χ1v) is 14.2. The molecule has 2 aromatic carbocycles. The number of aryl methyl sites for hydroxylation is 1. The summed E-state index contributed by atoms with van der Waals surface area (Å²) in [5.74, 6) is -1.05. The zero-order chi connectivity index (χ0) is 28.4. The van der Waals surface area contributed by atoms with Gasteiger partial charge in [0.25, 0.3) is 5.91 Å². The number of nitrogens with two attached hydrogens (primary N) is 1. The molecule has 0 unspecified atom stereocenters. The summed E-state index contributed by atoms with van der Waals surface area (Å²) in [5, 5.41) is 13.4. The van der Waals surface area contributed by atoms with Crippen LogP contribution in [0.25, 0.3) is 22.5 Å². The summed E-state index contributed by atoms with van der Waals surface area (Å²) in [6, 6.07) is 19.3. The Labute approximate surface area is 238 Å². The van der Waals surface area contributed by atoms with E-state index in [1.807, 2.05) is 60.8 Å². The molecule has 0 radical (unpaired) electrons. The number of carbonyl (C=O) groups excluding carboxylic acids is 1. The first-order valence-electron chi connectivity index (χ1n) is 14.2. The highest BCUT2D eigenvalue weighted by Crippen LogP contribution is 2.55. The third-order valence-corrected chi connectivity index (χ3v) is 9.23. The number of likely N-dealkylation sites (tertiary alicyclic amines) is 1. The fourth-order valence-corrected chi connectivity index (χ4v) is 6.86. The maximum atomic E-state index is 12.9. The Morgan fingerprint density at radius 3 is 2.56 bits per heavy atom. The van der Waals surface area contributed by atoms with Gasteiger partial charge in [-0.3, -0.25) is 9.78 Å². The van der Waals surface area contributed by atoms with Crippen LogP contribution in [0.15, 0.2) is 66.9 Å². The van der Waals surface area contributed by atoms with Crippen molar-refractivity contribution in [3.63, 3.8) is 0 Å². The third-order valence-electron chi connectivity index (χ3n) is 9.23. The number of nitrogens with zero attached hydrogens (tertiary/aromatic N) is 2. The predicted octanol–water partition coefficient (Wildman–Crippen LogP) is 4.15. The van der Waals surface area contributed by atoms with E-state index in [1.54, 1.807) is 6.07 Å². The number of aromatic amines is 1. The molecule has 2 aliphatic carbocycles. The van der Waals surface area contributed by atoms with Crippen molar-refractivity contribution in [2.75, 3.05) is 20.1 Å². The number of carboxylic acids is 1. The Morgan fingerprint density at radius 2 is 1.85 bits per heavy atom. The molecule has 3 aliphatic rings. The van der Waals surface area contributed by atoms with Gasteiger partial charge in [0.1, 0.15) is 0 Å². The molecule has 1 saturated heterocycles. The van der Waals surface area contributed by atoms with Crippen LogP contribution in [0.5, 0.6) is 0 Å². The Morgan fingerprint density at radius 1 is 1.07 bits per heavy atom. The average Bonchev–Trinajstić information content (AvgIpc) is 3.60. The minimum atomic E-state index is -0.900. The summed E-state index contributed by atoms with van der Waals surface area (Å²) < 4.78 is 0. The van der Waals surface area contributed by atoms with Gasteiger partial charge < -0.3 is 26.0 Å². The predicted molar refractivity (Wildman–Crippen MR) is 157 cm³/mol. The van der Waals surface area contributed by atoms with E-state index in [9.17, 15) is 14.7 Å². The number of nitrogens with one attached hydrogen (secondary N) is 2. The molecule has 3 heterocycles. The lowest BCUT2D eigenvalue weighted by Gasteiger charge is -2.52. The van der Waals surface area contributed by atoms with Crippen LogP contribution in [0.4, 0.5) is 0 Å². The van der Waals surface area contributed by atoms with E-state index in [-0.39, 0.29) is 16.9 Å². The van der Waals surface area contributed by atoms with Crippen LogP contribution >= 0.6 is 0 Å². The maximum absolute atomic E-state index is 12.9. The number of amides is 1. The highest BCUT2D eigenvalue weighted by Gasteiger charge is 2.64. The Bertz CT molecular complexity index is 1680. The lowest BCUT2D eigenvalue weighted by molar-refractivity contribution is 0.0540. The van der Waals surface area contributed by atoms with Crippen molar-refractivity contribution in [2.45, 2.75) is 43.2 Å². The number of aromatic nitrogens is 2. The van der Waals surface area contributed by atoms with Gasteiger partial charge in [0.2, 0.25) is 0 Å². The topological polar surface area (TPSA) is 124 Å². The molecule has 1 aliphatic heterocycles. The van der Waals surface area contributed by atoms with Gasteiger partial charge in [0, 0.05) is 53.8 Å². The van der Waals surface area contributed by atoms with Crippen molar-refractivity contribution in [3.8, 4) is 22.5 Å². The molecule has 1 amide bonds. The number of rotatable bonds is 7. The van der Waals surface area contributed by atoms with Crippen molar-refractivity contribution in [3.05, 3.63) is 100 Å². The molecule has 41 heavy (non-hydrogen) atoms. The fraction of sp³-hybridized carbons (Fsp3) is 0.303. The van der Waals surface area contributed by atoms with Crippen LogP contribution in [-0.2, 0) is 24.8 Å². The van der Waals surface area contributed by atoms with Crippen LogP contribution in [-0.4, -0.2) is 57.5 Å². The molecule has 7 rings (SSSR count). The Kier molecular flexibility index (Phi) is 5.88. The summed E-state index contributed by atoms with van der Waals surface area (Å²) in [6.07, 6.45) is 5.06. The number of benzene rings is 2. The summed E-state index contributed by atoms with van der Waals surface area (Å²) in [6.45, 7) is 1.94. The molecular formula is C33H33N5O3. The number of likely N-dealkylation sites (N-methyl/N-ethyl adjacent to an activating group) is 1. The number of carbonyl (C=O) groups is 2. The summed E-state index contributed by atoms with van der Waals surface area (Å²) in [4.78, 5) is 36.2. The largest absolute Gasteiger partial charge is 0.478 e. The minimum Gasteiger partial charge on any atom is -0.478 e. The van der Waals surface area contributed by atoms with E-state index in [2.05, 4.69) is 22.2 Å². The normalized spacial score (nSPS) is 18.1. The molecule has 2 fully saturated rings. The van der Waals surface area contributed by atoms with E-state index >= 15 is 0 Å². The fourth-order valence-electron chi connectivity index (χ4n) is 6.86. The molecule has 4 aromatic rings. The van der Waals surface area contributed by atoms with Gasteiger partial charge in [-0.05, 0) is 67.6 Å². The van der Waals surface area contributed by atoms with E-state index in [0.717, 1.165) is 77.3 Å². The molecule has 2 aromatic heterocycles. The second-order valence-corrected chi connectivity index (χ2v) is 11.9. The second kappa shape index (κ2) is 9.39. The highest BCUT2D eigenvalue weighted by atomic mass is 16.4. The number of pyridine rings is 1. The molecule has 0 bridgehead atoms.